The van der Waals surface area contributed by atoms with Gasteiger partial charge in [0.1, 0.15) is 0 Å². The Morgan fingerprint density at radius 3 is 2.31 bits per heavy atom. The molecule has 0 heterocycles. The molecule has 0 aliphatic rings. The normalized spacial score (nSPS) is 9.62. The predicted octanol–water partition coefficient (Wildman–Crippen LogP) is -0.815. The van der Waals surface area contributed by atoms with Gasteiger partial charge in [-0.25, -0.2) is 4.79 Å². The fourth-order valence-corrected chi connectivity index (χ4v) is 0.408. The van der Waals surface area contributed by atoms with Crippen molar-refractivity contribution in [1.82, 2.24) is 10.9 Å². The van der Waals surface area contributed by atoms with Crippen LogP contribution in [-0.4, -0.2) is 22.9 Å². The van der Waals surface area contributed by atoms with Gasteiger partial charge in [-0.2, -0.15) is 0 Å². The van der Waals surface area contributed by atoms with Gasteiger partial charge in [0.2, 0.25) is 5.91 Å². The van der Waals surface area contributed by atoms with E-state index in [-0.39, 0.29) is 12.3 Å². The Balaban J connectivity index is 3.76. The highest BCUT2D eigenvalue weighted by Gasteiger charge is 1.98. The van der Waals surface area contributed by atoms with Crippen LogP contribution in [0.1, 0.15) is 13.3 Å². The minimum atomic E-state index is -1.23. The lowest BCUT2D eigenvalue weighted by molar-refractivity contribution is -0.131. The zero-order valence-corrected chi connectivity index (χ0v) is 7.03. The molecule has 0 aromatic carbocycles. The van der Waals surface area contributed by atoms with Crippen LogP contribution in [0.2, 0.25) is 0 Å². The van der Waals surface area contributed by atoms with Crippen molar-refractivity contribution in [3.05, 3.63) is 12.2 Å². The molecule has 0 fully saturated rings. The molecule has 3 N–H and O–H groups in total. The van der Waals surface area contributed by atoms with Crippen molar-refractivity contribution in [2.45, 2.75) is 13.3 Å². The summed E-state index contributed by atoms with van der Waals surface area (Å²) >= 11 is 0. The molecule has 0 rings (SSSR count). The van der Waals surface area contributed by atoms with E-state index in [4.69, 9.17) is 5.11 Å². The Morgan fingerprint density at radius 1 is 1.23 bits per heavy atom. The molecule has 72 valence electrons. The Morgan fingerprint density at radius 2 is 1.85 bits per heavy atom. The molecule has 0 aliphatic heterocycles. The van der Waals surface area contributed by atoms with Gasteiger partial charge in [0.25, 0.3) is 5.91 Å². The second-order valence-corrected chi connectivity index (χ2v) is 2.06. The Hall–Kier alpha value is -1.85. The van der Waals surface area contributed by atoms with E-state index in [9.17, 15) is 14.4 Å². The Kier molecular flexibility index (Phi) is 4.94. The van der Waals surface area contributed by atoms with Crippen molar-refractivity contribution in [3.8, 4) is 0 Å². The van der Waals surface area contributed by atoms with E-state index in [0.29, 0.717) is 6.08 Å². The fraction of sp³-hybridized carbons (Fsp3) is 0.286. The van der Waals surface area contributed by atoms with Crippen LogP contribution < -0.4 is 10.9 Å². The molecule has 0 aromatic heterocycles. The third-order valence-electron chi connectivity index (χ3n) is 1.02. The van der Waals surface area contributed by atoms with Gasteiger partial charge in [-0.1, -0.05) is 6.92 Å². The molecule has 0 unspecified atom stereocenters. The molecular weight excluding hydrogens is 176 g/mol. The number of rotatable bonds is 3. The average Bonchev–Trinajstić information content (AvgIpc) is 2.10. The summed E-state index contributed by atoms with van der Waals surface area (Å²) in [4.78, 5) is 31.2. The molecule has 2 amide bonds. The summed E-state index contributed by atoms with van der Waals surface area (Å²) in [5.41, 5.74) is 4.07. The molecule has 0 aliphatic carbocycles. The van der Waals surface area contributed by atoms with Crippen LogP contribution in [0.25, 0.3) is 0 Å². The highest BCUT2D eigenvalue weighted by Crippen LogP contribution is 1.74. The molecule has 6 nitrogen and oxygen atoms in total. The number of hydrazine groups is 1. The summed E-state index contributed by atoms with van der Waals surface area (Å²) < 4.78 is 0. The van der Waals surface area contributed by atoms with Gasteiger partial charge >= 0.3 is 5.97 Å². The SMILES string of the molecule is CCC(=O)NNC(=O)C=CC(=O)O. The topological polar surface area (TPSA) is 95.5 Å². The molecule has 0 spiro atoms. The Bertz CT molecular complexity index is 247. The van der Waals surface area contributed by atoms with Crippen molar-refractivity contribution in [1.29, 1.82) is 0 Å². The first kappa shape index (κ1) is 11.2. The summed E-state index contributed by atoms with van der Waals surface area (Å²) in [5.74, 6) is -2.27. The maximum Gasteiger partial charge on any atom is 0.328 e. The zero-order valence-electron chi connectivity index (χ0n) is 7.03. The number of carbonyl (C=O) groups is 3. The van der Waals surface area contributed by atoms with Gasteiger partial charge < -0.3 is 5.11 Å². The zero-order chi connectivity index (χ0) is 10.3. The van der Waals surface area contributed by atoms with Crippen molar-refractivity contribution in [2.75, 3.05) is 0 Å². The van der Waals surface area contributed by atoms with E-state index in [1.165, 1.54) is 0 Å². The largest absolute Gasteiger partial charge is 0.478 e. The molecule has 6 heteroatoms. The molecule has 0 bridgehead atoms. The van der Waals surface area contributed by atoms with Crippen LogP contribution in [0.4, 0.5) is 0 Å². The summed E-state index contributed by atoms with van der Waals surface area (Å²) in [6, 6.07) is 0. The van der Waals surface area contributed by atoms with Crippen molar-refractivity contribution >= 4 is 17.8 Å². The predicted molar refractivity (Wildman–Crippen MR) is 43.4 cm³/mol. The first-order chi connectivity index (χ1) is 6.06. The minimum absolute atomic E-state index is 0.239. The van der Waals surface area contributed by atoms with Gasteiger partial charge in [-0.05, 0) is 0 Å². The Labute approximate surface area is 74.6 Å². The van der Waals surface area contributed by atoms with E-state index in [1.54, 1.807) is 6.92 Å². The van der Waals surface area contributed by atoms with Gasteiger partial charge in [0, 0.05) is 18.6 Å². The lowest BCUT2D eigenvalue weighted by atomic mass is 10.4. The van der Waals surface area contributed by atoms with E-state index < -0.39 is 11.9 Å². The second-order valence-electron chi connectivity index (χ2n) is 2.06. The maximum atomic E-state index is 10.7. The molecular formula is C7H10N2O4. The van der Waals surface area contributed by atoms with Crippen LogP contribution >= 0.6 is 0 Å². The van der Waals surface area contributed by atoms with Crippen molar-refractivity contribution in [2.24, 2.45) is 0 Å². The highest BCUT2D eigenvalue weighted by molar-refractivity contribution is 5.94. The molecule has 0 saturated heterocycles. The third kappa shape index (κ3) is 6.54. The standard InChI is InChI=1S/C7H10N2O4/c1-2-5(10)8-9-6(11)3-4-7(12)13/h3-4H,2H2,1H3,(H,8,10)(H,9,11)(H,12,13). The number of carboxylic acids is 1. The summed E-state index contributed by atoms with van der Waals surface area (Å²) in [5, 5.41) is 8.13. The molecule has 0 saturated carbocycles. The quantitative estimate of drug-likeness (QED) is 0.396. The number of nitrogens with one attached hydrogen (secondary N) is 2. The maximum absolute atomic E-state index is 10.7. The van der Waals surface area contributed by atoms with E-state index >= 15 is 0 Å². The number of hydrogen-bond donors (Lipinski definition) is 3. The number of carboxylic acid groups (broad SMARTS) is 1. The second kappa shape index (κ2) is 5.76. The van der Waals surface area contributed by atoms with E-state index in [0.717, 1.165) is 6.08 Å². The van der Waals surface area contributed by atoms with E-state index in [1.807, 2.05) is 5.43 Å². The van der Waals surface area contributed by atoms with Crippen LogP contribution in [0.5, 0.6) is 0 Å². The summed E-state index contributed by atoms with van der Waals surface area (Å²) in [6.45, 7) is 1.62. The van der Waals surface area contributed by atoms with Crippen molar-refractivity contribution < 1.29 is 19.5 Å². The van der Waals surface area contributed by atoms with Gasteiger partial charge in [0.05, 0.1) is 0 Å². The lowest BCUT2D eigenvalue weighted by Crippen LogP contribution is -2.40. The monoisotopic (exact) mass is 186 g/mol. The van der Waals surface area contributed by atoms with Gasteiger partial charge in [0.15, 0.2) is 0 Å². The van der Waals surface area contributed by atoms with Crippen LogP contribution in [-0.2, 0) is 14.4 Å². The fourth-order valence-electron chi connectivity index (χ4n) is 0.408. The molecule has 0 aromatic rings. The van der Waals surface area contributed by atoms with Gasteiger partial charge in [-0.3, -0.25) is 20.4 Å². The lowest BCUT2D eigenvalue weighted by Gasteiger charge is -2.01. The molecule has 0 atom stereocenters. The molecule has 13 heavy (non-hydrogen) atoms. The minimum Gasteiger partial charge on any atom is -0.478 e. The van der Waals surface area contributed by atoms with Crippen LogP contribution in [0.15, 0.2) is 12.2 Å². The highest BCUT2D eigenvalue weighted by atomic mass is 16.4. The van der Waals surface area contributed by atoms with Crippen LogP contribution in [0.3, 0.4) is 0 Å². The average molecular weight is 186 g/mol. The van der Waals surface area contributed by atoms with Gasteiger partial charge in [-0.15, -0.1) is 0 Å². The number of hydrogen-bond acceptors (Lipinski definition) is 3. The van der Waals surface area contributed by atoms with Crippen molar-refractivity contribution in [3.63, 3.8) is 0 Å². The summed E-state index contributed by atoms with van der Waals surface area (Å²) in [7, 11) is 0. The smallest absolute Gasteiger partial charge is 0.328 e. The number of aliphatic carboxylic acids is 1. The molecule has 0 radical (unpaired) electrons. The third-order valence-corrected chi connectivity index (χ3v) is 1.02. The number of carbonyl (C=O) groups excluding carboxylic acids is 2. The number of amides is 2. The first-order valence-corrected chi connectivity index (χ1v) is 3.56. The first-order valence-electron chi connectivity index (χ1n) is 3.56. The van der Waals surface area contributed by atoms with E-state index in [2.05, 4.69) is 5.43 Å². The van der Waals surface area contributed by atoms with Crippen LogP contribution in [0, 0.1) is 0 Å². The summed E-state index contributed by atoms with van der Waals surface area (Å²) in [6.07, 6.45) is 1.72.